The molecule has 0 aliphatic heterocycles. The van der Waals surface area contributed by atoms with Crippen molar-refractivity contribution in [3.05, 3.63) is 28.5 Å². The largest absolute Gasteiger partial charge is 0.391 e. The molecular formula is C12H15BrN2O2. The average molecular weight is 299 g/mol. The lowest BCUT2D eigenvalue weighted by Gasteiger charge is -2.21. The van der Waals surface area contributed by atoms with Gasteiger partial charge in [-0.25, -0.2) is 4.98 Å². The standard InChI is InChI=1S/C12H15BrN2O2/c1-15(7-10(16)8-4-5-8)12(17)9-3-2-6-14-11(9)13/h2-3,6,8,10,16H,4-5,7H2,1H3. The van der Waals surface area contributed by atoms with Gasteiger partial charge in [-0.2, -0.15) is 0 Å². The molecule has 17 heavy (non-hydrogen) atoms. The summed E-state index contributed by atoms with van der Waals surface area (Å²) < 4.78 is 0.540. The summed E-state index contributed by atoms with van der Waals surface area (Å²) in [5.41, 5.74) is 0.526. The van der Waals surface area contributed by atoms with Crippen LogP contribution in [0, 0.1) is 5.92 Å². The molecule has 0 radical (unpaired) electrons. The monoisotopic (exact) mass is 298 g/mol. The number of aliphatic hydroxyl groups excluding tert-OH is 1. The number of hydrogen-bond acceptors (Lipinski definition) is 3. The lowest BCUT2D eigenvalue weighted by molar-refractivity contribution is 0.0644. The molecule has 1 aliphatic carbocycles. The molecule has 4 nitrogen and oxygen atoms in total. The van der Waals surface area contributed by atoms with Crippen molar-refractivity contribution in [2.45, 2.75) is 18.9 Å². The van der Waals surface area contributed by atoms with Crippen LogP contribution in [-0.2, 0) is 0 Å². The number of nitrogens with zero attached hydrogens (tertiary/aromatic N) is 2. The molecule has 5 heteroatoms. The maximum Gasteiger partial charge on any atom is 0.256 e. The van der Waals surface area contributed by atoms with E-state index in [9.17, 15) is 9.90 Å². The van der Waals surface area contributed by atoms with Crippen molar-refractivity contribution in [2.75, 3.05) is 13.6 Å². The maximum atomic E-state index is 12.1. The summed E-state index contributed by atoms with van der Waals surface area (Å²) in [6, 6.07) is 3.45. The lowest BCUT2D eigenvalue weighted by Crippen LogP contribution is -2.35. The predicted molar refractivity (Wildman–Crippen MR) is 67.6 cm³/mol. The van der Waals surface area contributed by atoms with Gasteiger partial charge in [0.2, 0.25) is 0 Å². The normalized spacial score (nSPS) is 16.6. The highest BCUT2D eigenvalue weighted by Gasteiger charge is 2.31. The van der Waals surface area contributed by atoms with E-state index in [0.29, 0.717) is 22.6 Å². The van der Waals surface area contributed by atoms with E-state index in [2.05, 4.69) is 20.9 Å². The van der Waals surface area contributed by atoms with Gasteiger partial charge in [-0.15, -0.1) is 0 Å². The fraction of sp³-hybridized carbons (Fsp3) is 0.500. The molecule has 1 aromatic heterocycles. The van der Waals surface area contributed by atoms with E-state index in [1.165, 1.54) is 0 Å². The van der Waals surface area contributed by atoms with Crippen LogP contribution in [0.4, 0.5) is 0 Å². The Labute approximate surface area is 109 Å². The van der Waals surface area contributed by atoms with Gasteiger partial charge in [0.05, 0.1) is 11.7 Å². The second-order valence-electron chi connectivity index (χ2n) is 4.43. The summed E-state index contributed by atoms with van der Waals surface area (Å²) >= 11 is 3.25. The Kier molecular flexibility index (Phi) is 3.79. The molecular weight excluding hydrogens is 284 g/mol. The summed E-state index contributed by atoms with van der Waals surface area (Å²) in [5.74, 6) is 0.257. The van der Waals surface area contributed by atoms with Crippen LogP contribution in [0.2, 0.25) is 0 Å². The van der Waals surface area contributed by atoms with Crippen molar-refractivity contribution in [3.8, 4) is 0 Å². The minimum Gasteiger partial charge on any atom is -0.391 e. The first-order valence-corrected chi connectivity index (χ1v) is 6.43. The van der Waals surface area contributed by atoms with Crippen LogP contribution in [0.1, 0.15) is 23.2 Å². The van der Waals surface area contributed by atoms with Gasteiger partial charge in [0.1, 0.15) is 4.60 Å². The summed E-state index contributed by atoms with van der Waals surface area (Å²) in [5, 5.41) is 9.80. The zero-order chi connectivity index (χ0) is 12.4. The van der Waals surface area contributed by atoms with Crippen LogP contribution in [0.3, 0.4) is 0 Å². The molecule has 1 amide bonds. The lowest BCUT2D eigenvalue weighted by atomic mass is 10.2. The number of halogens is 1. The Balaban J connectivity index is 2.01. The van der Waals surface area contributed by atoms with Crippen molar-refractivity contribution in [2.24, 2.45) is 5.92 Å². The fourth-order valence-electron chi connectivity index (χ4n) is 1.74. The highest BCUT2D eigenvalue weighted by molar-refractivity contribution is 9.10. The number of hydrogen-bond donors (Lipinski definition) is 1. The number of amides is 1. The van der Waals surface area contributed by atoms with Crippen molar-refractivity contribution >= 4 is 21.8 Å². The minimum atomic E-state index is -0.403. The second kappa shape index (κ2) is 5.14. The summed E-state index contributed by atoms with van der Waals surface area (Å²) in [6.45, 7) is 0.380. The Hall–Kier alpha value is -0.940. The van der Waals surface area contributed by atoms with E-state index in [1.807, 2.05) is 0 Å². The first kappa shape index (κ1) is 12.5. The van der Waals surface area contributed by atoms with Gasteiger partial charge in [-0.05, 0) is 46.8 Å². The third-order valence-electron chi connectivity index (χ3n) is 2.96. The molecule has 1 aliphatic rings. The second-order valence-corrected chi connectivity index (χ2v) is 5.18. The SMILES string of the molecule is CN(CC(O)C1CC1)C(=O)c1cccnc1Br. The molecule has 1 heterocycles. The topological polar surface area (TPSA) is 53.4 Å². The molecule has 2 rings (SSSR count). The number of pyridine rings is 1. The summed E-state index contributed by atoms with van der Waals surface area (Å²) in [6.07, 6.45) is 3.36. The molecule has 0 aromatic carbocycles. The van der Waals surface area contributed by atoms with Crippen LogP contribution >= 0.6 is 15.9 Å². The number of likely N-dealkylation sites (N-methyl/N-ethyl adjacent to an activating group) is 1. The number of rotatable bonds is 4. The molecule has 1 fully saturated rings. The quantitative estimate of drug-likeness (QED) is 0.861. The van der Waals surface area contributed by atoms with E-state index in [0.717, 1.165) is 12.8 Å². The van der Waals surface area contributed by atoms with Crippen molar-refractivity contribution in [1.29, 1.82) is 0 Å². The van der Waals surface area contributed by atoms with Gasteiger partial charge in [-0.1, -0.05) is 0 Å². The van der Waals surface area contributed by atoms with Crippen LogP contribution in [0.5, 0.6) is 0 Å². The van der Waals surface area contributed by atoms with Crippen LogP contribution in [0.25, 0.3) is 0 Å². The zero-order valence-corrected chi connectivity index (χ0v) is 11.2. The molecule has 1 unspecified atom stereocenters. The fourth-order valence-corrected chi connectivity index (χ4v) is 2.16. The molecule has 1 aromatic rings. The molecule has 1 N–H and O–H groups in total. The van der Waals surface area contributed by atoms with Gasteiger partial charge in [-0.3, -0.25) is 4.79 Å². The first-order valence-electron chi connectivity index (χ1n) is 5.63. The average Bonchev–Trinajstić information content (AvgIpc) is 3.12. The van der Waals surface area contributed by atoms with E-state index in [4.69, 9.17) is 0 Å². The summed E-state index contributed by atoms with van der Waals surface area (Å²) in [7, 11) is 1.70. The number of carbonyl (C=O) groups is 1. The number of carbonyl (C=O) groups excluding carboxylic acids is 1. The van der Waals surface area contributed by atoms with Crippen LogP contribution in [0.15, 0.2) is 22.9 Å². The van der Waals surface area contributed by atoms with E-state index < -0.39 is 6.10 Å². The number of aromatic nitrogens is 1. The molecule has 0 spiro atoms. The Morgan fingerprint density at radius 2 is 2.41 bits per heavy atom. The van der Waals surface area contributed by atoms with Crippen molar-refractivity contribution in [1.82, 2.24) is 9.88 Å². The highest BCUT2D eigenvalue weighted by Crippen LogP contribution is 2.32. The van der Waals surface area contributed by atoms with Gasteiger partial charge in [0.25, 0.3) is 5.91 Å². The first-order chi connectivity index (χ1) is 8.09. The summed E-state index contributed by atoms with van der Waals surface area (Å²) in [4.78, 5) is 17.7. The molecule has 1 saturated carbocycles. The van der Waals surface area contributed by atoms with Gasteiger partial charge < -0.3 is 10.0 Å². The van der Waals surface area contributed by atoms with E-state index in [1.54, 1.807) is 30.3 Å². The molecule has 92 valence electrons. The Morgan fingerprint density at radius 1 is 1.71 bits per heavy atom. The minimum absolute atomic E-state index is 0.121. The zero-order valence-electron chi connectivity index (χ0n) is 9.64. The Morgan fingerprint density at radius 3 is 3.00 bits per heavy atom. The molecule has 0 saturated heterocycles. The highest BCUT2D eigenvalue weighted by atomic mass is 79.9. The third kappa shape index (κ3) is 3.04. The predicted octanol–water partition coefficient (Wildman–Crippen LogP) is 1.69. The van der Waals surface area contributed by atoms with E-state index >= 15 is 0 Å². The van der Waals surface area contributed by atoms with Crippen LogP contribution < -0.4 is 0 Å². The third-order valence-corrected chi connectivity index (χ3v) is 3.60. The van der Waals surface area contributed by atoms with Crippen molar-refractivity contribution in [3.63, 3.8) is 0 Å². The van der Waals surface area contributed by atoms with Crippen LogP contribution in [-0.4, -0.2) is 40.6 Å². The Bertz CT molecular complexity index is 421. The van der Waals surface area contributed by atoms with Gasteiger partial charge >= 0.3 is 0 Å². The number of aliphatic hydroxyl groups is 1. The molecule has 0 bridgehead atoms. The maximum absolute atomic E-state index is 12.1. The van der Waals surface area contributed by atoms with Gasteiger partial charge in [0, 0.05) is 19.8 Å². The van der Waals surface area contributed by atoms with Gasteiger partial charge in [0.15, 0.2) is 0 Å². The van der Waals surface area contributed by atoms with Crippen molar-refractivity contribution < 1.29 is 9.90 Å². The molecule has 1 atom stereocenters. The smallest absolute Gasteiger partial charge is 0.256 e. The van der Waals surface area contributed by atoms with E-state index in [-0.39, 0.29) is 5.91 Å².